The summed E-state index contributed by atoms with van der Waals surface area (Å²) in [6, 6.07) is 10.8. The van der Waals surface area contributed by atoms with Gasteiger partial charge in [-0.25, -0.2) is 13.2 Å². The van der Waals surface area contributed by atoms with Crippen LogP contribution in [-0.2, 0) is 10.0 Å². The summed E-state index contributed by atoms with van der Waals surface area (Å²) in [5.74, 6) is -1.70. The maximum absolute atomic E-state index is 13.3. The molecule has 172 valence electrons. The van der Waals surface area contributed by atoms with Crippen LogP contribution >= 0.6 is 0 Å². The van der Waals surface area contributed by atoms with Gasteiger partial charge >= 0.3 is 5.97 Å². The molecule has 0 aromatic heterocycles. The van der Waals surface area contributed by atoms with Gasteiger partial charge in [-0.3, -0.25) is 4.79 Å². The Morgan fingerprint density at radius 2 is 1.66 bits per heavy atom. The molecular formula is C23H29N3O5S. The van der Waals surface area contributed by atoms with Crippen molar-refractivity contribution in [2.24, 2.45) is 0 Å². The van der Waals surface area contributed by atoms with Gasteiger partial charge in [-0.2, -0.15) is 4.31 Å². The molecule has 2 aromatic carbocycles. The van der Waals surface area contributed by atoms with Crippen LogP contribution in [0.15, 0.2) is 47.4 Å². The predicted octanol–water partition coefficient (Wildman–Crippen LogP) is 3.66. The van der Waals surface area contributed by atoms with E-state index in [0.717, 1.165) is 32.4 Å². The first-order valence-electron chi connectivity index (χ1n) is 10.8. The Balaban J connectivity index is 2.06. The van der Waals surface area contributed by atoms with Crippen LogP contribution in [-0.4, -0.2) is 55.9 Å². The zero-order valence-electron chi connectivity index (χ0n) is 18.4. The van der Waals surface area contributed by atoms with Crippen molar-refractivity contribution in [2.75, 3.05) is 36.4 Å². The summed E-state index contributed by atoms with van der Waals surface area (Å²) in [5, 5.41) is 12.1. The lowest BCUT2D eigenvalue weighted by atomic mass is 10.1. The molecule has 3 rings (SSSR count). The molecule has 0 atom stereocenters. The third-order valence-corrected chi connectivity index (χ3v) is 7.70. The zero-order chi connectivity index (χ0) is 23.3. The van der Waals surface area contributed by atoms with Crippen molar-refractivity contribution in [3.63, 3.8) is 0 Å². The number of hydrogen-bond donors (Lipinski definition) is 2. The Labute approximate surface area is 188 Å². The van der Waals surface area contributed by atoms with Crippen LogP contribution in [0.3, 0.4) is 0 Å². The van der Waals surface area contributed by atoms with Gasteiger partial charge in [0.25, 0.3) is 5.91 Å². The van der Waals surface area contributed by atoms with Crippen molar-refractivity contribution in [2.45, 2.75) is 38.0 Å². The first kappa shape index (κ1) is 23.7. The lowest BCUT2D eigenvalue weighted by Gasteiger charge is -2.31. The predicted molar refractivity (Wildman–Crippen MR) is 124 cm³/mol. The van der Waals surface area contributed by atoms with Crippen LogP contribution in [0.2, 0.25) is 0 Å². The molecule has 0 unspecified atom stereocenters. The van der Waals surface area contributed by atoms with Crippen LogP contribution in [0, 0.1) is 0 Å². The standard InChI is InChI=1S/C23H29N3O5S/c1-3-26(4-2)32(30,31)17-12-13-21(25-14-8-5-9-15-25)19(16-17)22(27)24-20-11-7-6-10-18(20)23(28)29/h6-7,10-13,16H,3-5,8-9,14-15H2,1-2H3,(H,24,27)(H,28,29). The maximum atomic E-state index is 13.3. The van der Waals surface area contributed by atoms with Gasteiger partial charge in [0.1, 0.15) is 0 Å². The molecular weight excluding hydrogens is 430 g/mol. The number of anilines is 2. The highest BCUT2D eigenvalue weighted by Gasteiger charge is 2.26. The number of hydrogen-bond acceptors (Lipinski definition) is 5. The van der Waals surface area contributed by atoms with Crippen molar-refractivity contribution < 1.29 is 23.1 Å². The first-order chi connectivity index (χ1) is 15.3. The minimum Gasteiger partial charge on any atom is -0.478 e. The second-order valence-electron chi connectivity index (χ2n) is 7.62. The number of piperidine rings is 1. The van der Waals surface area contributed by atoms with Crippen molar-refractivity contribution in [1.29, 1.82) is 0 Å². The normalized spacial score (nSPS) is 14.4. The highest BCUT2D eigenvalue weighted by atomic mass is 32.2. The summed E-state index contributed by atoms with van der Waals surface area (Å²) in [6.07, 6.45) is 3.09. The van der Waals surface area contributed by atoms with Crippen LogP contribution in [0.4, 0.5) is 11.4 Å². The van der Waals surface area contributed by atoms with Gasteiger partial charge < -0.3 is 15.3 Å². The van der Waals surface area contributed by atoms with Gasteiger partial charge in [0.05, 0.1) is 21.7 Å². The number of aromatic carboxylic acids is 1. The molecule has 9 heteroatoms. The molecule has 1 aliphatic heterocycles. The summed E-state index contributed by atoms with van der Waals surface area (Å²) in [7, 11) is -3.76. The summed E-state index contributed by atoms with van der Waals surface area (Å²) >= 11 is 0. The number of nitrogens with one attached hydrogen (secondary N) is 1. The number of benzene rings is 2. The number of carboxylic acids is 1. The van der Waals surface area contributed by atoms with E-state index in [-0.39, 0.29) is 21.7 Å². The highest BCUT2D eigenvalue weighted by Crippen LogP contribution is 2.29. The molecule has 32 heavy (non-hydrogen) atoms. The lowest BCUT2D eigenvalue weighted by Crippen LogP contribution is -2.33. The molecule has 0 radical (unpaired) electrons. The molecule has 1 fully saturated rings. The van der Waals surface area contributed by atoms with Gasteiger partial charge in [0.15, 0.2) is 0 Å². The van der Waals surface area contributed by atoms with Crippen LogP contribution in [0.1, 0.15) is 53.8 Å². The third kappa shape index (κ3) is 4.94. The number of carboxylic acid groups (broad SMARTS) is 1. The number of sulfonamides is 1. The Morgan fingerprint density at radius 1 is 1.00 bits per heavy atom. The molecule has 2 aromatic rings. The Kier molecular flexibility index (Phi) is 7.52. The van der Waals surface area contributed by atoms with E-state index in [1.807, 2.05) is 0 Å². The van der Waals surface area contributed by atoms with Crippen LogP contribution < -0.4 is 10.2 Å². The largest absolute Gasteiger partial charge is 0.478 e. The molecule has 0 aliphatic carbocycles. The third-order valence-electron chi connectivity index (χ3n) is 5.66. The van der Waals surface area contributed by atoms with Crippen molar-refractivity contribution in [1.82, 2.24) is 4.31 Å². The maximum Gasteiger partial charge on any atom is 0.337 e. The molecule has 1 heterocycles. The molecule has 1 saturated heterocycles. The zero-order valence-corrected chi connectivity index (χ0v) is 19.2. The van der Waals surface area contributed by atoms with Gasteiger partial charge in [-0.05, 0) is 49.6 Å². The number of para-hydroxylation sites is 1. The second-order valence-corrected chi connectivity index (χ2v) is 9.56. The SMILES string of the molecule is CCN(CC)S(=O)(=O)c1ccc(N2CCCCC2)c(C(=O)Nc2ccccc2C(=O)O)c1. The number of carbonyl (C=O) groups is 2. The molecule has 0 saturated carbocycles. The number of nitrogens with zero attached hydrogens (tertiary/aromatic N) is 2. The fraction of sp³-hybridized carbons (Fsp3) is 0.391. The minimum absolute atomic E-state index is 0.0349. The Hall–Kier alpha value is -2.91. The van der Waals surface area contributed by atoms with E-state index in [9.17, 15) is 23.1 Å². The molecule has 0 bridgehead atoms. The molecule has 8 nitrogen and oxygen atoms in total. The first-order valence-corrected chi connectivity index (χ1v) is 12.3. The Morgan fingerprint density at radius 3 is 2.28 bits per heavy atom. The fourth-order valence-electron chi connectivity index (χ4n) is 3.95. The average molecular weight is 460 g/mol. The van der Waals surface area contributed by atoms with Gasteiger partial charge in [0.2, 0.25) is 10.0 Å². The number of rotatable bonds is 8. The van der Waals surface area contributed by atoms with E-state index in [0.29, 0.717) is 18.8 Å². The van der Waals surface area contributed by atoms with E-state index in [2.05, 4.69) is 10.2 Å². The lowest BCUT2D eigenvalue weighted by molar-refractivity contribution is 0.0698. The van der Waals surface area contributed by atoms with Crippen LogP contribution in [0.25, 0.3) is 0 Å². The highest BCUT2D eigenvalue weighted by molar-refractivity contribution is 7.89. The van der Waals surface area contributed by atoms with E-state index in [4.69, 9.17) is 0 Å². The Bertz CT molecular complexity index is 1090. The summed E-state index contributed by atoms with van der Waals surface area (Å²) < 4.78 is 27.5. The van der Waals surface area contributed by atoms with Crippen molar-refractivity contribution in [3.8, 4) is 0 Å². The van der Waals surface area contributed by atoms with Gasteiger partial charge in [-0.1, -0.05) is 26.0 Å². The van der Waals surface area contributed by atoms with E-state index < -0.39 is 21.9 Å². The van der Waals surface area contributed by atoms with E-state index in [1.54, 1.807) is 38.1 Å². The number of carbonyl (C=O) groups excluding carboxylic acids is 1. The second kappa shape index (κ2) is 10.1. The van der Waals surface area contributed by atoms with E-state index in [1.165, 1.54) is 22.5 Å². The molecule has 0 spiro atoms. The number of amides is 1. The van der Waals surface area contributed by atoms with E-state index >= 15 is 0 Å². The smallest absolute Gasteiger partial charge is 0.337 e. The average Bonchev–Trinajstić information content (AvgIpc) is 2.80. The quantitative estimate of drug-likeness (QED) is 0.624. The minimum atomic E-state index is -3.76. The molecule has 1 amide bonds. The van der Waals surface area contributed by atoms with Crippen molar-refractivity contribution in [3.05, 3.63) is 53.6 Å². The summed E-state index contributed by atoms with van der Waals surface area (Å²) in [4.78, 5) is 27.0. The van der Waals surface area contributed by atoms with Crippen molar-refractivity contribution >= 4 is 33.3 Å². The molecule has 2 N–H and O–H groups in total. The summed E-state index contributed by atoms with van der Waals surface area (Å²) in [5.41, 5.74) is 0.979. The summed E-state index contributed by atoms with van der Waals surface area (Å²) in [6.45, 7) is 5.71. The molecule has 1 aliphatic rings. The fourth-order valence-corrected chi connectivity index (χ4v) is 5.43. The monoisotopic (exact) mass is 459 g/mol. The van der Waals surface area contributed by atoms with Gasteiger partial charge in [-0.15, -0.1) is 0 Å². The van der Waals surface area contributed by atoms with Gasteiger partial charge in [0, 0.05) is 31.9 Å². The van der Waals surface area contributed by atoms with Crippen LogP contribution in [0.5, 0.6) is 0 Å². The topological polar surface area (TPSA) is 107 Å².